The van der Waals surface area contributed by atoms with Crippen LogP contribution < -0.4 is 4.74 Å². The lowest BCUT2D eigenvalue weighted by Gasteiger charge is -2.14. The normalized spacial score (nSPS) is 12.4. The molecule has 1 aromatic rings. The third-order valence-corrected chi connectivity index (χ3v) is 3.21. The van der Waals surface area contributed by atoms with E-state index in [9.17, 15) is 0 Å². The van der Waals surface area contributed by atoms with Crippen molar-refractivity contribution in [2.45, 2.75) is 19.8 Å². The van der Waals surface area contributed by atoms with E-state index in [0.29, 0.717) is 11.8 Å². The first kappa shape index (κ1) is 14.3. The van der Waals surface area contributed by atoms with Crippen molar-refractivity contribution in [3.05, 3.63) is 29.8 Å². The molecule has 0 heterocycles. The first-order valence-electron chi connectivity index (χ1n) is 6.06. The third kappa shape index (κ3) is 5.42. The summed E-state index contributed by atoms with van der Waals surface area (Å²) in [5.74, 6) is 2.06. The van der Waals surface area contributed by atoms with Crippen LogP contribution in [0.1, 0.15) is 18.9 Å². The predicted molar refractivity (Wildman–Crippen MR) is 72.0 cm³/mol. The molecule has 2 nitrogen and oxygen atoms in total. The zero-order valence-corrected chi connectivity index (χ0v) is 11.4. The van der Waals surface area contributed by atoms with Crippen LogP contribution in [0.2, 0.25) is 0 Å². The summed E-state index contributed by atoms with van der Waals surface area (Å²) >= 11 is 5.97. The Bertz CT molecular complexity index is 298. The van der Waals surface area contributed by atoms with Gasteiger partial charge in [0.15, 0.2) is 0 Å². The van der Waals surface area contributed by atoms with Crippen molar-refractivity contribution in [1.29, 1.82) is 0 Å². The summed E-state index contributed by atoms with van der Waals surface area (Å²) in [4.78, 5) is 0. The average molecular weight is 257 g/mol. The highest BCUT2D eigenvalue weighted by molar-refractivity contribution is 6.18. The number of alkyl halides is 1. The third-order valence-electron chi connectivity index (χ3n) is 2.78. The van der Waals surface area contributed by atoms with Gasteiger partial charge in [0.2, 0.25) is 0 Å². The molecule has 0 aliphatic carbocycles. The van der Waals surface area contributed by atoms with Crippen molar-refractivity contribution in [2.75, 3.05) is 26.2 Å². The summed E-state index contributed by atoms with van der Waals surface area (Å²) in [7, 11) is 1.68. The fourth-order valence-corrected chi connectivity index (χ4v) is 1.99. The van der Waals surface area contributed by atoms with Crippen molar-refractivity contribution in [3.63, 3.8) is 0 Å². The fourth-order valence-electron chi connectivity index (χ4n) is 1.72. The molecule has 0 spiro atoms. The Kier molecular flexibility index (Phi) is 7.06. The van der Waals surface area contributed by atoms with Gasteiger partial charge in [-0.05, 0) is 43.4 Å². The van der Waals surface area contributed by atoms with Gasteiger partial charge in [-0.1, -0.05) is 12.1 Å². The van der Waals surface area contributed by atoms with Gasteiger partial charge >= 0.3 is 0 Å². The Labute approximate surface area is 109 Å². The standard InChI is InChI=1S/C14H21ClO2/c1-3-17-9-8-13(11-15)10-12-4-6-14(16-2)7-5-12/h4-7,13H,3,8-11H2,1-2H3. The van der Waals surface area contributed by atoms with Crippen LogP contribution >= 0.6 is 11.6 Å². The highest BCUT2D eigenvalue weighted by Gasteiger charge is 2.08. The molecule has 0 aliphatic rings. The van der Waals surface area contributed by atoms with Crippen LogP contribution in [-0.4, -0.2) is 26.2 Å². The molecule has 0 N–H and O–H groups in total. The summed E-state index contributed by atoms with van der Waals surface area (Å²) < 4.78 is 10.5. The lowest BCUT2D eigenvalue weighted by Crippen LogP contribution is -2.10. The van der Waals surface area contributed by atoms with E-state index < -0.39 is 0 Å². The van der Waals surface area contributed by atoms with Crippen LogP contribution in [0.15, 0.2) is 24.3 Å². The summed E-state index contributed by atoms with van der Waals surface area (Å²) in [5, 5.41) is 0. The minimum absolute atomic E-state index is 0.483. The fraction of sp³-hybridized carbons (Fsp3) is 0.571. The van der Waals surface area contributed by atoms with Gasteiger partial charge in [0.05, 0.1) is 7.11 Å². The smallest absolute Gasteiger partial charge is 0.118 e. The van der Waals surface area contributed by atoms with Crippen molar-refractivity contribution in [3.8, 4) is 5.75 Å². The molecule has 0 saturated heterocycles. The maximum atomic E-state index is 5.97. The number of halogens is 1. The lowest BCUT2D eigenvalue weighted by molar-refractivity contribution is 0.134. The quantitative estimate of drug-likeness (QED) is 0.523. The van der Waals surface area contributed by atoms with E-state index in [-0.39, 0.29) is 0 Å². The van der Waals surface area contributed by atoms with E-state index in [1.54, 1.807) is 7.11 Å². The molecular formula is C14H21ClO2. The van der Waals surface area contributed by atoms with Gasteiger partial charge in [0.1, 0.15) is 5.75 Å². The molecule has 0 aliphatic heterocycles. The van der Waals surface area contributed by atoms with Gasteiger partial charge in [0, 0.05) is 19.1 Å². The molecule has 0 bridgehead atoms. The molecule has 0 saturated carbocycles. The molecule has 96 valence electrons. The largest absolute Gasteiger partial charge is 0.497 e. The van der Waals surface area contributed by atoms with E-state index >= 15 is 0 Å². The van der Waals surface area contributed by atoms with Gasteiger partial charge in [0.25, 0.3) is 0 Å². The van der Waals surface area contributed by atoms with E-state index in [1.807, 2.05) is 19.1 Å². The molecule has 0 fully saturated rings. The van der Waals surface area contributed by atoms with Gasteiger partial charge in [-0.2, -0.15) is 0 Å². The molecule has 0 amide bonds. The minimum atomic E-state index is 0.483. The van der Waals surface area contributed by atoms with Crippen molar-refractivity contribution in [2.24, 2.45) is 5.92 Å². The molecule has 1 atom stereocenters. The number of methoxy groups -OCH3 is 1. The van der Waals surface area contributed by atoms with Crippen LogP contribution in [0.3, 0.4) is 0 Å². The maximum absolute atomic E-state index is 5.97. The van der Waals surface area contributed by atoms with Crippen molar-refractivity contribution >= 4 is 11.6 Å². The molecule has 0 radical (unpaired) electrons. The molecule has 17 heavy (non-hydrogen) atoms. The summed E-state index contributed by atoms with van der Waals surface area (Å²) in [6, 6.07) is 8.17. The van der Waals surface area contributed by atoms with E-state index in [2.05, 4.69) is 12.1 Å². The van der Waals surface area contributed by atoms with Gasteiger partial charge in [-0.15, -0.1) is 11.6 Å². The minimum Gasteiger partial charge on any atom is -0.497 e. The van der Waals surface area contributed by atoms with Gasteiger partial charge in [-0.3, -0.25) is 0 Å². The predicted octanol–water partition coefficient (Wildman–Crippen LogP) is 3.52. The Morgan fingerprint density at radius 1 is 1.24 bits per heavy atom. The first-order chi connectivity index (χ1) is 8.30. The number of ether oxygens (including phenoxy) is 2. The second-order valence-electron chi connectivity index (χ2n) is 4.06. The topological polar surface area (TPSA) is 18.5 Å². The summed E-state index contributed by atoms with van der Waals surface area (Å²) in [6.07, 6.45) is 2.02. The number of hydrogen-bond donors (Lipinski definition) is 0. The SMILES string of the molecule is CCOCCC(CCl)Cc1ccc(OC)cc1. The average Bonchev–Trinajstić information content (AvgIpc) is 2.38. The number of benzene rings is 1. The van der Waals surface area contributed by atoms with E-state index in [1.165, 1.54) is 5.56 Å². The number of hydrogen-bond acceptors (Lipinski definition) is 2. The molecule has 1 aromatic carbocycles. The van der Waals surface area contributed by atoms with Crippen molar-refractivity contribution < 1.29 is 9.47 Å². The van der Waals surface area contributed by atoms with Crippen LogP contribution in [0, 0.1) is 5.92 Å². The zero-order valence-electron chi connectivity index (χ0n) is 10.6. The molecule has 3 heteroatoms. The molecular weight excluding hydrogens is 236 g/mol. The highest BCUT2D eigenvalue weighted by Crippen LogP contribution is 2.17. The Morgan fingerprint density at radius 3 is 2.47 bits per heavy atom. The van der Waals surface area contributed by atoms with E-state index in [4.69, 9.17) is 21.1 Å². The highest BCUT2D eigenvalue weighted by atomic mass is 35.5. The molecule has 1 rings (SSSR count). The number of rotatable bonds is 8. The monoisotopic (exact) mass is 256 g/mol. The molecule has 0 aromatic heterocycles. The molecule has 1 unspecified atom stereocenters. The lowest BCUT2D eigenvalue weighted by atomic mass is 9.98. The van der Waals surface area contributed by atoms with Crippen LogP contribution in [0.25, 0.3) is 0 Å². The first-order valence-corrected chi connectivity index (χ1v) is 6.60. The Hall–Kier alpha value is -0.730. The van der Waals surface area contributed by atoms with Crippen LogP contribution in [-0.2, 0) is 11.2 Å². The summed E-state index contributed by atoms with van der Waals surface area (Å²) in [6.45, 7) is 3.58. The summed E-state index contributed by atoms with van der Waals surface area (Å²) in [5.41, 5.74) is 1.30. The van der Waals surface area contributed by atoms with Crippen LogP contribution in [0.5, 0.6) is 5.75 Å². The van der Waals surface area contributed by atoms with E-state index in [0.717, 1.165) is 31.8 Å². The van der Waals surface area contributed by atoms with Crippen LogP contribution in [0.4, 0.5) is 0 Å². The zero-order chi connectivity index (χ0) is 12.5. The van der Waals surface area contributed by atoms with Gasteiger partial charge < -0.3 is 9.47 Å². The second-order valence-corrected chi connectivity index (χ2v) is 4.37. The maximum Gasteiger partial charge on any atom is 0.118 e. The second kappa shape index (κ2) is 8.37. The van der Waals surface area contributed by atoms with Crippen molar-refractivity contribution in [1.82, 2.24) is 0 Å². The Morgan fingerprint density at radius 2 is 1.94 bits per heavy atom. The van der Waals surface area contributed by atoms with Gasteiger partial charge in [-0.25, -0.2) is 0 Å². The Balaban J connectivity index is 2.43.